The SMILES string of the molecule is CCOCCP1CCCP(CCOCC)CCCP(CCOCC)CCC1.COCCCP1CCCP(CCCOC)CCCP(CCCOC)CCC1. The molecule has 0 amide bonds. The highest BCUT2D eigenvalue weighted by molar-refractivity contribution is 7.60. The van der Waals surface area contributed by atoms with Crippen molar-refractivity contribution in [3.8, 4) is 0 Å². The van der Waals surface area contributed by atoms with E-state index in [1.54, 1.807) is 0 Å². The molecule has 2 heterocycles. The third-order valence-electron chi connectivity index (χ3n) is 10.4. The van der Waals surface area contributed by atoms with Crippen molar-refractivity contribution in [1.29, 1.82) is 0 Å². The lowest BCUT2D eigenvalue weighted by Gasteiger charge is -2.25. The minimum atomic E-state index is 0.187. The zero-order valence-electron chi connectivity index (χ0n) is 36.6. The van der Waals surface area contributed by atoms with Gasteiger partial charge in [0, 0.05) is 61.0 Å². The summed E-state index contributed by atoms with van der Waals surface area (Å²) in [5.41, 5.74) is 0. The quantitative estimate of drug-likeness (QED) is 0.0711. The minimum Gasteiger partial charge on any atom is -0.385 e. The van der Waals surface area contributed by atoms with Crippen LogP contribution in [0, 0.1) is 0 Å². The Morgan fingerprint density at radius 2 is 0.500 bits per heavy atom. The van der Waals surface area contributed by atoms with E-state index in [2.05, 4.69) is 20.8 Å². The highest BCUT2D eigenvalue weighted by atomic mass is 31.1. The van der Waals surface area contributed by atoms with Gasteiger partial charge < -0.3 is 28.4 Å². The molecular formula is C42H90O6P6. The molecule has 324 valence electrons. The molecular weight excluding hydrogens is 786 g/mol. The standard InChI is InChI=1S/2C21H45O3P3/c1-22-10-4-13-25-16-7-18-26(14-5-11-23-2)20-9-21-27(19-8-17-25)15-6-12-24-3;1-4-22-10-19-25-13-7-15-26(20-11-23-5-2)17-9-18-27(16-8-14-25)21-12-24-6-3/h2*4-21H2,1-3H3. The molecule has 0 bridgehead atoms. The van der Waals surface area contributed by atoms with Gasteiger partial charge in [-0.1, -0.05) is 0 Å². The Labute approximate surface area is 344 Å². The molecule has 2 fully saturated rings. The van der Waals surface area contributed by atoms with Crippen molar-refractivity contribution >= 4 is 47.5 Å². The van der Waals surface area contributed by atoms with Crippen molar-refractivity contribution in [2.24, 2.45) is 0 Å². The molecule has 12 heteroatoms. The number of ether oxygens (including phenoxy) is 6. The maximum absolute atomic E-state index is 5.67. The maximum atomic E-state index is 5.67. The fourth-order valence-electron chi connectivity index (χ4n) is 7.43. The summed E-state index contributed by atoms with van der Waals surface area (Å²) in [7, 11) is 6.82. The van der Waals surface area contributed by atoms with Crippen LogP contribution >= 0.6 is 47.5 Å². The van der Waals surface area contributed by atoms with Crippen LogP contribution in [0.25, 0.3) is 0 Å². The van der Waals surface area contributed by atoms with Gasteiger partial charge in [-0.2, -0.15) is 0 Å². The molecule has 0 spiro atoms. The second-order valence-electron chi connectivity index (χ2n) is 14.8. The Hall–Kier alpha value is 2.34. The first kappa shape index (κ1) is 54.4. The summed E-state index contributed by atoms with van der Waals surface area (Å²) in [6.07, 6.45) is 38.9. The van der Waals surface area contributed by atoms with Gasteiger partial charge in [-0.3, -0.25) is 0 Å². The largest absolute Gasteiger partial charge is 0.385 e. The Kier molecular flexibility index (Phi) is 42.3. The van der Waals surface area contributed by atoms with E-state index in [4.69, 9.17) is 28.4 Å². The average molecular weight is 877 g/mol. The van der Waals surface area contributed by atoms with Crippen molar-refractivity contribution in [3.63, 3.8) is 0 Å². The summed E-state index contributed by atoms with van der Waals surface area (Å²) in [5.74, 6) is 0. The van der Waals surface area contributed by atoms with Crippen LogP contribution in [0.1, 0.15) is 78.6 Å². The fourth-order valence-corrected chi connectivity index (χ4v) is 23.1. The molecule has 54 heavy (non-hydrogen) atoms. The van der Waals surface area contributed by atoms with Gasteiger partial charge >= 0.3 is 0 Å². The van der Waals surface area contributed by atoms with Crippen molar-refractivity contribution in [2.45, 2.75) is 78.6 Å². The summed E-state index contributed by atoms with van der Waals surface area (Å²) < 4.78 is 32.9. The molecule has 2 aliphatic rings. The van der Waals surface area contributed by atoms with Crippen LogP contribution < -0.4 is 0 Å². The lowest BCUT2D eigenvalue weighted by atomic mass is 10.5. The van der Waals surface area contributed by atoms with E-state index in [1.165, 1.54) is 169 Å². The Bertz CT molecular complexity index is 583. The monoisotopic (exact) mass is 877 g/mol. The van der Waals surface area contributed by atoms with Gasteiger partial charge in [0.05, 0.1) is 19.8 Å². The molecule has 2 saturated heterocycles. The van der Waals surface area contributed by atoms with Gasteiger partial charge in [-0.05, 0) is 189 Å². The average Bonchev–Trinajstić information content (AvgIpc) is 3.16. The van der Waals surface area contributed by atoms with Crippen LogP contribution in [-0.4, -0.2) is 192 Å². The summed E-state index contributed by atoms with van der Waals surface area (Å²) in [6.45, 7) is 14.8. The van der Waals surface area contributed by atoms with Crippen molar-refractivity contribution in [1.82, 2.24) is 0 Å². The van der Waals surface area contributed by atoms with Crippen LogP contribution in [-0.2, 0) is 28.4 Å². The zero-order chi connectivity index (χ0) is 39.2. The summed E-state index contributed by atoms with van der Waals surface area (Å²) in [5, 5.41) is 0. The molecule has 0 aromatic heterocycles. The molecule has 0 aromatic rings. The van der Waals surface area contributed by atoms with Gasteiger partial charge in [0.1, 0.15) is 0 Å². The van der Waals surface area contributed by atoms with Crippen molar-refractivity contribution < 1.29 is 28.4 Å². The van der Waals surface area contributed by atoms with E-state index in [9.17, 15) is 0 Å². The van der Waals surface area contributed by atoms with Crippen LogP contribution in [0.2, 0.25) is 0 Å². The Morgan fingerprint density at radius 3 is 0.685 bits per heavy atom. The molecule has 2 aliphatic heterocycles. The summed E-state index contributed by atoms with van der Waals surface area (Å²) >= 11 is 0. The highest BCUT2D eigenvalue weighted by Crippen LogP contribution is 2.48. The molecule has 0 saturated carbocycles. The zero-order valence-corrected chi connectivity index (χ0v) is 42.0. The molecule has 0 radical (unpaired) electrons. The van der Waals surface area contributed by atoms with Gasteiger partial charge in [-0.15, -0.1) is 47.5 Å². The van der Waals surface area contributed by atoms with Gasteiger partial charge in [0.15, 0.2) is 0 Å². The van der Waals surface area contributed by atoms with Gasteiger partial charge in [0.25, 0.3) is 0 Å². The first-order valence-electron chi connectivity index (χ1n) is 22.1. The van der Waals surface area contributed by atoms with E-state index in [-0.39, 0.29) is 47.5 Å². The Balaban J connectivity index is 0.000000540. The smallest absolute Gasteiger partial charge is 0.0505 e. The normalized spacial score (nSPS) is 25.7. The predicted octanol–water partition coefficient (Wildman–Crippen LogP) is 11.5. The lowest BCUT2D eigenvalue weighted by molar-refractivity contribution is 0.164. The molecule has 0 atom stereocenters. The van der Waals surface area contributed by atoms with Crippen LogP contribution in [0.15, 0.2) is 0 Å². The van der Waals surface area contributed by atoms with Crippen molar-refractivity contribution in [3.05, 3.63) is 0 Å². The fraction of sp³-hybridized carbons (Fsp3) is 1.00. The van der Waals surface area contributed by atoms with E-state index in [1.807, 2.05) is 21.3 Å². The topological polar surface area (TPSA) is 55.4 Å². The van der Waals surface area contributed by atoms with Crippen LogP contribution in [0.4, 0.5) is 0 Å². The highest BCUT2D eigenvalue weighted by Gasteiger charge is 2.18. The lowest BCUT2D eigenvalue weighted by Crippen LogP contribution is -2.10. The first-order chi connectivity index (χ1) is 26.6. The number of methoxy groups -OCH3 is 3. The summed E-state index contributed by atoms with van der Waals surface area (Å²) in [6, 6.07) is 0. The van der Waals surface area contributed by atoms with E-state index >= 15 is 0 Å². The molecule has 0 N–H and O–H groups in total. The third-order valence-corrected chi connectivity index (χ3v) is 27.1. The summed E-state index contributed by atoms with van der Waals surface area (Å²) in [4.78, 5) is 0. The molecule has 0 aliphatic carbocycles. The predicted molar refractivity (Wildman–Crippen MR) is 256 cm³/mol. The van der Waals surface area contributed by atoms with Crippen LogP contribution in [0.3, 0.4) is 0 Å². The van der Waals surface area contributed by atoms with Crippen molar-refractivity contribution in [2.75, 3.05) is 192 Å². The first-order valence-corrected chi connectivity index (χ1v) is 33.5. The number of hydrogen-bond acceptors (Lipinski definition) is 6. The van der Waals surface area contributed by atoms with E-state index in [0.717, 1.165) is 59.5 Å². The second kappa shape index (κ2) is 42.0. The number of rotatable bonds is 24. The van der Waals surface area contributed by atoms with Gasteiger partial charge in [-0.25, -0.2) is 0 Å². The minimum absolute atomic E-state index is 0.187. The molecule has 2 rings (SSSR count). The van der Waals surface area contributed by atoms with Gasteiger partial charge in [0.2, 0.25) is 0 Å². The molecule has 0 unspecified atom stereocenters. The van der Waals surface area contributed by atoms with Crippen LogP contribution in [0.5, 0.6) is 0 Å². The Morgan fingerprint density at radius 1 is 0.296 bits per heavy atom. The molecule has 0 aromatic carbocycles. The number of hydrogen-bond donors (Lipinski definition) is 0. The maximum Gasteiger partial charge on any atom is 0.0505 e. The van der Waals surface area contributed by atoms with E-state index in [0.29, 0.717) is 0 Å². The van der Waals surface area contributed by atoms with E-state index < -0.39 is 0 Å². The molecule has 6 nitrogen and oxygen atoms in total. The third kappa shape index (κ3) is 33.1. The second-order valence-corrected chi connectivity index (χ2v) is 30.9.